The van der Waals surface area contributed by atoms with Gasteiger partial charge in [0.25, 0.3) is 0 Å². The number of hydrogen-bond acceptors (Lipinski definition) is 2. The molecule has 17 heavy (non-hydrogen) atoms. The molecule has 0 unspecified atom stereocenters. The average molecular weight is 242 g/mol. The molecule has 104 valence electrons. The Balaban J connectivity index is 3.13. The summed E-state index contributed by atoms with van der Waals surface area (Å²) in [5, 5.41) is 0. The Morgan fingerprint density at radius 2 is 1.06 bits per heavy atom. The molecule has 0 aromatic rings. The zero-order valence-corrected chi connectivity index (χ0v) is 12.7. The molecule has 0 spiro atoms. The van der Waals surface area contributed by atoms with E-state index in [-0.39, 0.29) is 0 Å². The molecule has 0 aliphatic rings. The van der Waals surface area contributed by atoms with Crippen LogP contribution in [0.1, 0.15) is 58.3 Å². The van der Waals surface area contributed by atoms with Crippen molar-refractivity contribution in [2.24, 2.45) is 0 Å². The lowest BCUT2D eigenvalue weighted by Gasteiger charge is -2.16. The van der Waals surface area contributed by atoms with Crippen molar-refractivity contribution >= 4 is 0 Å². The van der Waals surface area contributed by atoms with Crippen LogP contribution in [0.25, 0.3) is 0 Å². The minimum Gasteiger partial charge on any atom is -0.309 e. The van der Waals surface area contributed by atoms with Crippen LogP contribution in [0.5, 0.6) is 0 Å². The molecule has 2 heteroatoms. The standard InChI is InChI=1S/C15H34N2/c1-5-6-7-11-14-17(4)15-12-9-8-10-13-16(2)3/h5-15H2,1-4H3. The predicted molar refractivity (Wildman–Crippen MR) is 78.7 cm³/mol. The molecule has 0 aromatic heterocycles. The first-order chi connectivity index (χ1) is 8.16. The van der Waals surface area contributed by atoms with Gasteiger partial charge in [-0.05, 0) is 60.0 Å². The van der Waals surface area contributed by atoms with Gasteiger partial charge < -0.3 is 9.80 Å². The van der Waals surface area contributed by atoms with Crippen LogP contribution < -0.4 is 0 Å². The minimum absolute atomic E-state index is 1.24. The van der Waals surface area contributed by atoms with E-state index in [0.29, 0.717) is 0 Å². The number of nitrogens with zero attached hydrogens (tertiary/aromatic N) is 2. The van der Waals surface area contributed by atoms with Crippen LogP contribution in [0.2, 0.25) is 0 Å². The van der Waals surface area contributed by atoms with Gasteiger partial charge in [0.2, 0.25) is 0 Å². The average Bonchev–Trinajstić information content (AvgIpc) is 2.29. The molecule has 0 aromatic carbocycles. The summed E-state index contributed by atoms with van der Waals surface area (Å²) >= 11 is 0. The van der Waals surface area contributed by atoms with Crippen molar-refractivity contribution in [2.45, 2.75) is 58.3 Å². The fourth-order valence-electron chi connectivity index (χ4n) is 2.08. The molecule has 2 nitrogen and oxygen atoms in total. The van der Waals surface area contributed by atoms with Gasteiger partial charge in [-0.1, -0.05) is 39.0 Å². The molecule has 0 aliphatic carbocycles. The third-order valence-electron chi connectivity index (χ3n) is 3.29. The summed E-state index contributed by atoms with van der Waals surface area (Å²) in [5.41, 5.74) is 0. The van der Waals surface area contributed by atoms with E-state index in [4.69, 9.17) is 0 Å². The van der Waals surface area contributed by atoms with Gasteiger partial charge in [0, 0.05) is 0 Å². The number of unbranched alkanes of at least 4 members (excludes halogenated alkanes) is 6. The van der Waals surface area contributed by atoms with E-state index in [0.717, 1.165) is 0 Å². The summed E-state index contributed by atoms with van der Waals surface area (Å²) in [7, 11) is 6.58. The van der Waals surface area contributed by atoms with Crippen molar-refractivity contribution in [2.75, 3.05) is 40.8 Å². The van der Waals surface area contributed by atoms with E-state index in [9.17, 15) is 0 Å². The molecule has 0 bridgehead atoms. The molecule has 0 rings (SSSR count). The Bertz CT molecular complexity index is 146. The summed E-state index contributed by atoms with van der Waals surface area (Å²) in [6.45, 7) is 6.09. The first-order valence-electron chi connectivity index (χ1n) is 7.50. The number of hydrogen-bond donors (Lipinski definition) is 0. The van der Waals surface area contributed by atoms with Crippen molar-refractivity contribution < 1.29 is 0 Å². The topological polar surface area (TPSA) is 6.48 Å². The number of rotatable bonds is 12. The monoisotopic (exact) mass is 242 g/mol. The summed E-state index contributed by atoms with van der Waals surface area (Å²) < 4.78 is 0. The van der Waals surface area contributed by atoms with Gasteiger partial charge in [0.1, 0.15) is 0 Å². The van der Waals surface area contributed by atoms with Gasteiger partial charge in [0.05, 0.1) is 0 Å². The maximum atomic E-state index is 2.50. The molecule has 0 aliphatic heterocycles. The lowest BCUT2D eigenvalue weighted by atomic mass is 10.1. The highest BCUT2D eigenvalue weighted by Crippen LogP contribution is 2.04. The Hall–Kier alpha value is -0.0800. The fourth-order valence-corrected chi connectivity index (χ4v) is 2.08. The molecule has 0 radical (unpaired) electrons. The van der Waals surface area contributed by atoms with Crippen LogP contribution >= 0.6 is 0 Å². The first-order valence-corrected chi connectivity index (χ1v) is 7.50. The molecule has 0 atom stereocenters. The smallest absolute Gasteiger partial charge is 0.00218 e. The molecule has 0 amide bonds. The van der Waals surface area contributed by atoms with E-state index < -0.39 is 0 Å². The molecule has 0 N–H and O–H groups in total. The van der Waals surface area contributed by atoms with Gasteiger partial charge in [-0.3, -0.25) is 0 Å². The van der Waals surface area contributed by atoms with Crippen molar-refractivity contribution in [3.8, 4) is 0 Å². The third kappa shape index (κ3) is 13.9. The first kappa shape index (κ1) is 16.9. The van der Waals surface area contributed by atoms with Crippen molar-refractivity contribution in [3.63, 3.8) is 0 Å². The van der Waals surface area contributed by atoms with Crippen LogP contribution in [0.4, 0.5) is 0 Å². The SMILES string of the molecule is CCCCCCN(C)CCCCCCN(C)C. The van der Waals surface area contributed by atoms with Crippen LogP contribution in [0, 0.1) is 0 Å². The largest absolute Gasteiger partial charge is 0.309 e. The Morgan fingerprint density at radius 3 is 1.53 bits per heavy atom. The maximum absolute atomic E-state index is 2.50. The predicted octanol–water partition coefficient (Wildman–Crippen LogP) is 3.62. The van der Waals surface area contributed by atoms with Crippen LogP contribution in [-0.4, -0.2) is 50.6 Å². The zero-order chi connectivity index (χ0) is 12.9. The minimum atomic E-state index is 1.24. The van der Waals surface area contributed by atoms with E-state index in [1.165, 1.54) is 71.0 Å². The second-order valence-electron chi connectivity index (χ2n) is 5.58. The van der Waals surface area contributed by atoms with E-state index >= 15 is 0 Å². The van der Waals surface area contributed by atoms with Gasteiger partial charge in [0.15, 0.2) is 0 Å². The molecular weight excluding hydrogens is 208 g/mol. The quantitative estimate of drug-likeness (QED) is 0.482. The summed E-state index contributed by atoms with van der Waals surface area (Å²) in [6.07, 6.45) is 11.0. The van der Waals surface area contributed by atoms with Crippen molar-refractivity contribution in [3.05, 3.63) is 0 Å². The Labute approximate surface area is 109 Å². The van der Waals surface area contributed by atoms with E-state index in [1.54, 1.807) is 0 Å². The second-order valence-corrected chi connectivity index (χ2v) is 5.58. The van der Waals surface area contributed by atoms with E-state index in [2.05, 4.69) is 37.9 Å². The van der Waals surface area contributed by atoms with Gasteiger partial charge >= 0.3 is 0 Å². The summed E-state index contributed by atoms with van der Waals surface area (Å²) in [6, 6.07) is 0. The highest BCUT2D eigenvalue weighted by atomic mass is 15.1. The molecule has 0 heterocycles. The van der Waals surface area contributed by atoms with Gasteiger partial charge in [-0.15, -0.1) is 0 Å². The third-order valence-corrected chi connectivity index (χ3v) is 3.29. The zero-order valence-electron chi connectivity index (χ0n) is 12.7. The van der Waals surface area contributed by atoms with Crippen LogP contribution in [0.3, 0.4) is 0 Å². The summed E-state index contributed by atoms with van der Waals surface area (Å²) in [4.78, 5) is 4.78. The maximum Gasteiger partial charge on any atom is -0.00218 e. The van der Waals surface area contributed by atoms with Crippen molar-refractivity contribution in [1.82, 2.24) is 9.80 Å². The van der Waals surface area contributed by atoms with Crippen LogP contribution in [0.15, 0.2) is 0 Å². The Kier molecular flexibility index (Phi) is 12.3. The summed E-state index contributed by atoms with van der Waals surface area (Å²) in [5.74, 6) is 0. The highest BCUT2D eigenvalue weighted by Gasteiger charge is 1.98. The fraction of sp³-hybridized carbons (Fsp3) is 1.00. The van der Waals surface area contributed by atoms with Crippen LogP contribution in [-0.2, 0) is 0 Å². The Morgan fingerprint density at radius 1 is 0.588 bits per heavy atom. The lowest BCUT2D eigenvalue weighted by Crippen LogP contribution is -2.21. The molecule has 0 saturated carbocycles. The lowest BCUT2D eigenvalue weighted by molar-refractivity contribution is 0.312. The molecule has 0 fully saturated rings. The second kappa shape index (κ2) is 12.4. The van der Waals surface area contributed by atoms with Crippen molar-refractivity contribution in [1.29, 1.82) is 0 Å². The van der Waals surface area contributed by atoms with Gasteiger partial charge in [-0.25, -0.2) is 0 Å². The normalized spacial score (nSPS) is 11.6. The van der Waals surface area contributed by atoms with E-state index in [1.807, 2.05) is 0 Å². The molecule has 0 saturated heterocycles. The molecular formula is C15H34N2. The highest BCUT2D eigenvalue weighted by molar-refractivity contribution is 4.54. The van der Waals surface area contributed by atoms with Gasteiger partial charge in [-0.2, -0.15) is 0 Å².